The Hall–Kier alpha value is 0.440. The second kappa shape index (κ2) is 5.23. The summed E-state index contributed by atoms with van der Waals surface area (Å²) in [6.45, 7) is 5.77. The van der Waals surface area contributed by atoms with Crippen LogP contribution in [0.1, 0.15) is 33.1 Å². The number of nitrogens with one attached hydrogen (secondary N) is 1. The van der Waals surface area contributed by atoms with E-state index in [0.29, 0.717) is 6.04 Å². The second-order valence-electron chi connectivity index (χ2n) is 4.11. The van der Waals surface area contributed by atoms with Gasteiger partial charge in [-0.15, -0.1) is 0 Å². The lowest BCUT2D eigenvalue weighted by Gasteiger charge is -2.18. The molecule has 1 N–H and O–H groups in total. The molecule has 0 bridgehead atoms. The van der Waals surface area contributed by atoms with Crippen LogP contribution in [-0.2, 0) is 0 Å². The van der Waals surface area contributed by atoms with Crippen molar-refractivity contribution in [3.8, 4) is 0 Å². The van der Waals surface area contributed by atoms with Gasteiger partial charge in [-0.2, -0.15) is 0 Å². The summed E-state index contributed by atoms with van der Waals surface area (Å²) in [6.07, 6.45) is 4.34. The second-order valence-corrected chi connectivity index (χ2v) is 4.75. The molecule has 2 heteroatoms. The summed E-state index contributed by atoms with van der Waals surface area (Å²) in [7, 11) is 0. The third-order valence-corrected chi connectivity index (χ3v) is 3.83. The van der Waals surface area contributed by atoms with Crippen molar-refractivity contribution in [3.05, 3.63) is 0 Å². The van der Waals surface area contributed by atoms with Crippen LogP contribution in [0.2, 0.25) is 0 Å². The first-order chi connectivity index (χ1) is 5.74. The normalized spacial score (nSPS) is 22.2. The first kappa shape index (κ1) is 10.5. The average molecular weight is 234 g/mol. The van der Waals surface area contributed by atoms with Crippen LogP contribution in [0.25, 0.3) is 0 Å². The molecule has 0 spiro atoms. The standard InChI is InChI=1S/C10H20BrN/c1-8(7-11)9(2)12-6-5-10-3-4-10/h8-10,12H,3-7H2,1-2H3. The maximum atomic E-state index is 3.57. The van der Waals surface area contributed by atoms with Crippen molar-refractivity contribution >= 4 is 15.9 Å². The van der Waals surface area contributed by atoms with Gasteiger partial charge < -0.3 is 5.32 Å². The molecule has 1 aliphatic rings. The molecule has 0 saturated heterocycles. The molecule has 0 aliphatic heterocycles. The van der Waals surface area contributed by atoms with Gasteiger partial charge in [-0.25, -0.2) is 0 Å². The third-order valence-electron chi connectivity index (χ3n) is 2.81. The van der Waals surface area contributed by atoms with E-state index < -0.39 is 0 Å². The van der Waals surface area contributed by atoms with Gasteiger partial charge in [-0.3, -0.25) is 0 Å². The van der Waals surface area contributed by atoms with Gasteiger partial charge >= 0.3 is 0 Å². The molecule has 72 valence electrons. The van der Waals surface area contributed by atoms with E-state index in [9.17, 15) is 0 Å². The van der Waals surface area contributed by atoms with Crippen molar-refractivity contribution in [2.24, 2.45) is 11.8 Å². The van der Waals surface area contributed by atoms with Crippen molar-refractivity contribution in [1.29, 1.82) is 0 Å². The molecule has 1 rings (SSSR count). The molecule has 1 fully saturated rings. The van der Waals surface area contributed by atoms with Crippen LogP contribution in [-0.4, -0.2) is 17.9 Å². The summed E-state index contributed by atoms with van der Waals surface area (Å²) in [6, 6.07) is 0.656. The molecule has 1 nitrogen and oxygen atoms in total. The van der Waals surface area contributed by atoms with E-state index in [1.165, 1.54) is 25.8 Å². The largest absolute Gasteiger partial charge is 0.314 e. The van der Waals surface area contributed by atoms with E-state index in [0.717, 1.165) is 17.2 Å². The molecule has 0 amide bonds. The fourth-order valence-corrected chi connectivity index (χ4v) is 1.82. The van der Waals surface area contributed by atoms with Crippen molar-refractivity contribution in [2.45, 2.75) is 39.2 Å². The minimum absolute atomic E-state index is 0.656. The maximum absolute atomic E-state index is 3.57. The molecule has 12 heavy (non-hydrogen) atoms. The fourth-order valence-electron chi connectivity index (χ4n) is 1.26. The zero-order chi connectivity index (χ0) is 8.97. The van der Waals surface area contributed by atoms with Crippen molar-refractivity contribution in [1.82, 2.24) is 5.32 Å². The minimum atomic E-state index is 0.656. The Balaban J connectivity index is 1.96. The molecule has 1 saturated carbocycles. The first-order valence-electron chi connectivity index (χ1n) is 5.03. The topological polar surface area (TPSA) is 12.0 Å². The van der Waals surface area contributed by atoms with Crippen LogP contribution in [0.4, 0.5) is 0 Å². The molecule has 0 radical (unpaired) electrons. The van der Waals surface area contributed by atoms with Crippen molar-refractivity contribution in [2.75, 3.05) is 11.9 Å². The average Bonchev–Trinajstić information content (AvgIpc) is 2.86. The van der Waals surface area contributed by atoms with Crippen LogP contribution >= 0.6 is 15.9 Å². The molecule has 0 heterocycles. The van der Waals surface area contributed by atoms with Crippen LogP contribution in [0, 0.1) is 11.8 Å². The highest BCUT2D eigenvalue weighted by molar-refractivity contribution is 9.09. The predicted octanol–water partition coefficient (Wildman–Crippen LogP) is 2.80. The van der Waals surface area contributed by atoms with Crippen LogP contribution in [0.3, 0.4) is 0 Å². The Labute approximate surface area is 84.4 Å². The van der Waals surface area contributed by atoms with Gasteiger partial charge in [0.15, 0.2) is 0 Å². The lowest BCUT2D eigenvalue weighted by molar-refractivity contribution is 0.426. The predicted molar refractivity (Wildman–Crippen MR) is 57.8 cm³/mol. The molecular weight excluding hydrogens is 214 g/mol. The number of rotatable bonds is 6. The first-order valence-corrected chi connectivity index (χ1v) is 6.15. The lowest BCUT2D eigenvalue weighted by atomic mass is 10.1. The molecule has 2 atom stereocenters. The Bertz CT molecular complexity index is 123. The molecule has 0 aromatic rings. The van der Waals surface area contributed by atoms with E-state index in [1.54, 1.807) is 0 Å². The zero-order valence-electron chi connectivity index (χ0n) is 8.15. The Morgan fingerprint density at radius 2 is 2.08 bits per heavy atom. The number of hydrogen-bond acceptors (Lipinski definition) is 1. The summed E-state index contributed by atoms with van der Waals surface area (Å²) >= 11 is 3.51. The van der Waals surface area contributed by atoms with E-state index in [4.69, 9.17) is 0 Å². The van der Waals surface area contributed by atoms with Gasteiger partial charge in [-0.05, 0) is 31.7 Å². The monoisotopic (exact) mass is 233 g/mol. The van der Waals surface area contributed by atoms with Crippen molar-refractivity contribution < 1.29 is 0 Å². The Morgan fingerprint density at radius 1 is 1.42 bits per heavy atom. The highest BCUT2D eigenvalue weighted by Crippen LogP contribution is 2.31. The van der Waals surface area contributed by atoms with E-state index in [2.05, 4.69) is 35.1 Å². The van der Waals surface area contributed by atoms with Crippen molar-refractivity contribution in [3.63, 3.8) is 0 Å². The third kappa shape index (κ3) is 3.90. The SMILES string of the molecule is CC(CBr)C(C)NCCC1CC1. The number of halogens is 1. The van der Waals surface area contributed by atoms with Crippen LogP contribution in [0.15, 0.2) is 0 Å². The van der Waals surface area contributed by atoms with Crippen LogP contribution in [0.5, 0.6) is 0 Å². The number of alkyl halides is 1. The summed E-state index contributed by atoms with van der Waals surface area (Å²) in [5, 5.41) is 4.68. The van der Waals surface area contributed by atoms with Gasteiger partial charge in [0, 0.05) is 11.4 Å². The molecule has 0 aromatic carbocycles. The molecule has 1 aliphatic carbocycles. The summed E-state index contributed by atoms with van der Waals surface area (Å²) in [4.78, 5) is 0. The highest BCUT2D eigenvalue weighted by atomic mass is 79.9. The summed E-state index contributed by atoms with van der Waals surface area (Å²) < 4.78 is 0. The van der Waals surface area contributed by atoms with Gasteiger partial charge in [-0.1, -0.05) is 35.7 Å². The van der Waals surface area contributed by atoms with E-state index in [-0.39, 0.29) is 0 Å². The zero-order valence-corrected chi connectivity index (χ0v) is 9.73. The van der Waals surface area contributed by atoms with Gasteiger partial charge in [0.2, 0.25) is 0 Å². The minimum Gasteiger partial charge on any atom is -0.314 e. The quantitative estimate of drug-likeness (QED) is 0.697. The Kier molecular flexibility index (Phi) is 4.59. The molecule has 0 aromatic heterocycles. The molecular formula is C10H20BrN. The molecule has 2 unspecified atom stereocenters. The summed E-state index contributed by atoms with van der Waals surface area (Å²) in [5.41, 5.74) is 0. The summed E-state index contributed by atoms with van der Waals surface area (Å²) in [5.74, 6) is 1.80. The van der Waals surface area contributed by atoms with Gasteiger partial charge in [0.05, 0.1) is 0 Å². The highest BCUT2D eigenvalue weighted by Gasteiger charge is 2.20. The number of hydrogen-bond donors (Lipinski definition) is 1. The smallest absolute Gasteiger partial charge is 0.00723 e. The van der Waals surface area contributed by atoms with Gasteiger partial charge in [0.1, 0.15) is 0 Å². The van der Waals surface area contributed by atoms with E-state index >= 15 is 0 Å². The fraction of sp³-hybridized carbons (Fsp3) is 1.00. The van der Waals surface area contributed by atoms with Gasteiger partial charge in [0.25, 0.3) is 0 Å². The maximum Gasteiger partial charge on any atom is 0.00723 e. The van der Waals surface area contributed by atoms with Crippen LogP contribution < -0.4 is 5.32 Å². The lowest BCUT2D eigenvalue weighted by Crippen LogP contribution is -2.33. The van der Waals surface area contributed by atoms with E-state index in [1.807, 2.05) is 0 Å². The Morgan fingerprint density at radius 3 is 2.58 bits per heavy atom.